The van der Waals surface area contributed by atoms with Gasteiger partial charge < -0.3 is 14.7 Å². The van der Waals surface area contributed by atoms with Gasteiger partial charge >= 0.3 is 5.97 Å². The fourth-order valence-corrected chi connectivity index (χ4v) is 2.75. The molecule has 2 rings (SSSR count). The third kappa shape index (κ3) is 2.03. The van der Waals surface area contributed by atoms with Crippen molar-refractivity contribution in [3.63, 3.8) is 0 Å². The smallest absolute Gasteiger partial charge is 0.326 e. The number of aromatic nitrogens is 1. The van der Waals surface area contributed by atoms with Gasteiger partial charge in [-0.05, 0) is 6.92 Å². The second-order valence-corrected chi connectivity index (χ2v) is 4.71. The van der Waals surface area contributed by atoms with Crippen LogP contribution in [-0.2, 0) is 9.53 Å². The Bertz CT molecular complexity index is 393. The summed E-state index contributed by atoms with van der Waals surface area (Å²) in [6.45, 7) is 2.50. The van der Waals surface area contributed by atoms with Gasteiger partial charge in [-0.3, -0.25) is 0 Å². The van der Waals surface area contributed by atoms with Gasteiger partial charge in [0.15, 0.2) is 5.13 Å². The zero-order chi connectivity index (χ0) is 11.7. The molecule has 1 N–H and O–H groups in total. The van der Waals surface area contributed by atoms with Crippen molar-refractivity contribution in [1.82, 2.24) is 4.98 Å². The Kier molecular flexibility index (Phi) is 3.11. The van der Waals surface area contributed by atoms with Crippen molar-refractivity contribution in [2.45, 2.75) is 25.5 Å². The molecule has 1 aliphatic rings. The van der Waals surface area contributed by atoms with Gasteiger partial charge in [0.05, 0.1) is 11.8 Å². The summed E-state index contributed by atoms with van der Waals surface area (Å²) in [5, 5.41) is 11.8. The van der Waals surface area contributed by atoms with E-state index in [9.17, 15) is 4.79 Å². The van der Waals surface area contributed by atoms with Gasteiger partial charge in [0.2, 0.25) is 0 Å². The summed E-state index contributed by atoms with van der Waals surface area (Å²) in [6, 6.07) is -0.518. The molecule has 6 heteroatoms. The maximum Gasteiger partial charge on any atom is 0.326 e. The highest BCUT2D eigenvalue weighted by Gasteiger charge is 2.38. The summed E-state index contributed by atoms with van der Waals surface area (Å²) in [6.07, 6.45) is 0.495. The number of carboxylic acids is 1. The Morgan fingerprint density at radius 3 is 3.00 bits per heavy atom. The molecule has 2 unspecified atom stereocenters. The van der Waals surface area contributed by atoms with Crippen LogP contribution in [0.4, 0.5) is 5.13 Å². The zero-order valence-corrected chi connectivity index (χ0v) is 10.0. The molecule has 16 heavy (non-hydrogen) atoms. The van der Waals surface area contributed by atoms with Crippen LogP contribution in [0.1, 0.15) is 12.1 Å². The molecule has 88 valence electrons. The lowest BCUT2D eigenvalue weighted by molar-refractivity contribution is -0.138. The zero-order valence-electron chi connectivity index (χ0n) is 9.21. The monoisotopic (exact) mass is 242 g/mol. The van der Waals surface area contributed by atoms with Crippen LogP contribution < -0.4 is 4.90 Å². The number of carboxylic acid groups (broad SMARTS) is 1. The molecule has 0 amide bonds. The minimum atomic E-state index is -0.813. The number of ether oxygens (including phenoxy) is 1. The van der Waals surface area contributed by atoms with Crippen LogP contribution in [0.2, 0.25) is 0 Å². The number of thiazole rings is 1. The Labute approximate surface area is 97.7 Å². The summed E-state index contributed by atoms with van der Waals surface area (Å²) in [5.41, 5.74) is 0.921. The maximum absolute atomic E-state index is 11.1. The van der Waals surface area contributed by atoms with Crippen molar-refractivity contribution in [2.75, 3.05) is 18.6 Å². The van der Waals surface area contributed by atoms with Crippen LogP contribution in [0, 0.1) is 6.92 Å². The van der Waals surface area contributed by atoms with Gasteiger partial charge in [-0.1, -0.05) is 0 Å². The lowest BCUT2D eigenvalue weighted by atomic mass is 10.2. The van der Waals surface area contributed by atoms with Crippen molar-refractivity contribution in [2.24, 2.45) is 0 Å². The maximum atomic E-state index is 11.1. The van der Waals surface area contributed by atoms with Gasteiger partial charge in [-0.15, -0.1) is 11.3 Å². The van der Waals surface area contributed by atoms with Crippen LogP contribution in [0.15, 0.2) is 5.38 Å². The molecule has 1 saturated heterocycles. The number of hydrogen-bond acceptors (Lipinski definition) is 5. The highest BCUT2D eigenvalue weighted by Crippen LogP contribution is 2.29. The third-order valence-electron chi connectivity index (χ3n) is 2.73. The van der Waals surface area contributed by atoms with Crippen molar-refractivity contribution in [3.8, 4) is 0 Å². The van der Waals surface area contributed by atoms with E-state index in [4.69, 9.17) is 9.84 Å². The molecule has 0 bridgehead atoms. The molecule has 0 aromatic carbocycles. The van der Waals surface area contributed by atoms with Crippen LogP contribution in [0.3, 0.4) is 0 Å². The minimum absolute atomic E-state index is 0.0229. The first-order chi connectivity index (χ1) is 7.61. The number of carbonyl (C=O) groups is 1. The third-order valence-corrected chi connectivity index (χ3v) is 3.73. The molecule has 0 aliphatic carbocycles. The van der Waals surface area contributed by atoms with Crippen molar-refractivity contribution in [1.29, 1.82) is 0 Å². The molecule has 0 spiro atoms. The van der Waals surface area contributed by atoms with E-state index in [2.05, 4.69) is 4.98 Å². The second kappa shape index (κ2) is 4.39. The highest BCUT2D eigenvalue weighted by molar-refractivity contribution is 7.13. The quantitative estimate of drug-likeness (QED) is 0.861. The van der Waals surface area contributed by atoms with Crippen molar-refractivity contribution < 1.29 is 14.6 Å². The average Bonchev–Trinajstić information content (AvgIpc) is 2.82. The van der Waals surface area contributed by atoms with E-state index in [0.717, 1.165) is 10.8 Å². The molecule has 0 saturated carbocycles. The molecule has 1 fully saturated rings. The number of aryl methyl sites for hydroxylation is 1. The SMILES string of the molecule is COC1CC(C(=O)O)N(c2nc(C)cs2)C1. The summed E-state index contributed by atoms with van der Waals surface area (Å²) < 4.78 is 5.22. The molecule has 0 radical (unpaired) electrons. The fourth-order valence-electron chi connectivity index (χ4n) is 1.89. The Balaban J connectivity index is 2.21. The molecular formula is C10H14N2O3S. The Morgan fingerprint density at radius 2 is 2.50 bits per heavy atom. The first-order valence-electron chi connectivity index (χ1n) is 5.06. The number of methoxy groups -OCH3 is 1. The molecule has 1 aliphatic heterocycles. The van der Waals surface area contributed by atoms with E-state index < -0.39 is 12.0 Å². The molecule has 2 heterocycles. The summed E-state index contributed by atoms with van der Waals surface area (Å²) in [7, 11) is 1.61. The summed E-state index contributed by atoms with van der Waals surface area (Å²) in [4.78, 5) is 17.3. The lowest BCUT2D eigenvalue weighted by Crippen LogP contribution is -2.35. The average molecular weight is 242 g/mol. The highest BCUT2D eigenvalue weighted by atomic mass is 32.1. The normalized spacial score (nSPS) is 25.0. The number of hydrogen-bond donors (Lipinski definition) is 1. The predicted molar refractivity (Wildman–Crippen MR) is 61.0 cm³/mol. The number of aliphatic carboxylic acids is 1. The van der Waals surface area contributed by atoms with E-state index >= 15 is 0 Å². The lowest BCUT2D eigenvalue weighted by Gasteiger charge is -2.19. The van der Waals surface area contributed by atoms with E-state index in [0.29, 0.717) is 13.0 Å². The minimum Gasteiger partial charge on any atom is -0.480 e. The van der Waals surface area contributed by atoms with Gasteiger partial charge in [-0.2, -0.15) is 0 Å². The van der Waals surface area contributed by atoms with E-state index in [-0.39, 0.29) is 6.10 Å². The molecule has 2 atom stereocenters. The molecule has 1 aromatic rings. The number of rotatable bonds is 3. The second-order valence-electron chi connectivity index (χ2n) is 3.87. The van der Waals surface area contributed by atoms with E-state index in [1.807, 2.05) is 17.2 Å². The fraction of sp³-hybridized carbons (Fsp3) is 0.600. The van der Waals surface area contributed by atoms with Gasteiger partial charge in [0, 0.05) is 25.5 Å². The van der Waals surface area contributed by atoms with Gasteiger partial charge in [0.1, 0.15) is 6.04 Å². The van der Waals surface area contributed by atoms with E-state index in [1.165, 1.54) is 11.3 Å². The largest absolute Gasteiger partial charge is 0.480 e. The topological polar surface area (TPSA) is 62.7 Å². The van der Waals surface area contributed by atoms with Gasteiger partial charge in [-0.25, -0.2) is 9.78 Å². The molecular weight excluding hydrogens is 228 g/mol. The van der Waals surface area contributed by atoms with Gasteiger partial charge in [0.25, 0.3) is 0 Å². The van der Waals surface area contributed by atoms with Crippen molar-refractivity contribution in [3.05, 3.63) is 11.1 Å². The van der Waals surface area contributed by atoms with E-state index in [1.54, 1.807) is 7.11 Å². The van der Waals surface area contributed by atoms with Crippen LogP contribution in [-0.4, -0.2) is 41.9 Å². The van der Waals surface area contributed by atoms with Crippen LogP contribution in [0.25, 0.3) is 0 Å². The predicted octanol–water partition coefficient (Wildman–Crippen LogP) is 1.13. The van der Waals surface area contributed by atoms with Crippen LogP contribution in [0.5, 0.6) is 0 Å². The summed E-state index contributed by atoms with van der Waals surface area (Å²) in [5.74, 6) is -0.813. The number of nitrogens with zero attached hydrogens (tertiary/aromatic N) is 2. The Morgan fingerprint density at radius 1 is 1.75 bits per heavy atom. The summed E-state index contributed by atoms with van der Waals surface area (Å²) >= 11 is 1.48. The van der Waals surface area contributed by atoms with Crippen LogP contribution >= 0.6 is 11.3 Å². The first-order valence-corrected chi connectivity index (χ1v) is 5.94. The standard InChI is InChI=1S/C10H14N2O3S/c1-6-5-16-10(11-6)12-4-7(15-2)3-8(12)9(13)14/h5,7-8H,3-4H2,1-2H3,(H,13,14). The number of anilines is 1. The Hall–Kier alpha value is -1.14. The van der Waals surface area contributed by atoms with Crippen molar-refractivity contribution >= 4 is 22.4 Å². The molecule has 5 nitrogen and oxygen atoms in total. The first kappa shape index (κ1) is 11.3. The molecule has 1 aromatic heterocycles.